The molecular formula is C15H26N2O. The molecule has 3 nitrogen and oxygen atoms in total. The first kappa shape index (κ1) is 13.6. The van der Waals surface area contributed by atoms with Gasteiger partial charge in [0.2, 0.25) is 0 Å². The maximum atomic E-state index is 5.59. The van der Waals surface area contributed by atoms with Gasteiger partial charge in [0, 0.05) is 13.0 Å². The predicted octanol–water partition coefficient (Wildman–Crippen LogP) is 2.45. The van der Waals surface area contributed by atoms with E-state index in [9.17, 15) is 0 Å². The molecule has 0 saturated carbocycles. The predicted molar refractivity (Wildman–Crippen MR) is 74.9 cm³/mol. The molecule has 0 radical (unpaired) electrons. The topological polar surface area (TPSA) is 28.4 Å². The summed E-state index contributed by atoms with van der Waals surface area (Å²) in [5.41, 5.74) is 0. The largest absolute Gasteiger partial charge is 0.466 e. The first-order chi connectivity index (χ1) is 8.74. The van der Waals surface area contributed by atoms with Crippen LogP contribution in [0.1, 0.15) is 30.8 Å². The van der Waals surface area contributed by atoms with E-state index in [1.54, 1.807) is 0 Å². The lowest BCUT2D eigenvalue weighted by atomic mass is 9.96. The van der Waals surface area contributed by atoms with E-state index in [1.165, 1.54) is 38.9 Å². The second-order valence-electron chi connectivity index (χ2n) is 5.57. The molecule has 102 valence electrons. The van der Waals surface area contributed by atoms with E-state index >= 15 is 0 Å². The molecule has 18 heavy (non-hydrogen) atoms. The van der Waals surface area contributed by atoms with E-state index in [4.69, 9.17) is 4.42 Å². The van der Waals surface area contributed by atoms with E-state index in [1.807, 2.05) is 13.0 Å². The van der Waals surface area contributed by atoms with Crippen molar-refractivity contribution in [3.8, 4) is 0 Å². The summed E-state index contributed by atoms with van der Waals surface area (Å²) >= 11 is 0. The van der Waals surface area contributed by atoms with E-state index < -0.39 is 0 Å². The summed E-state index contributed by atoms with van der Waals surface area (Å²) in [6, 6.07) is 4.14. The van der Waals surface area contributed by atoms with Gasteiger partial charge in [-0.2, -0.15) is 0 Å². The standard InChI is InChI=1S/C15H26N2O/c1-13-5-6-15(18-13)8-11-17(2)10-7-14-4-3-9-16-12-14/h5-6,14,16H,3-4,7-12H2,1-2H3. The zero-order chi connectivity index (χ0) is 12.8. The van der Waals surface area contributed by atoms with Gasteiger partial charge in [-0.25, -0.2) is 0 Å². The van der Waals surface area contributed by atoms with E-state index in [-0.39, 0.29) is 0 Å². The highest BCUT2D eigenvalue weighted by Gasteiger charge is 2.13. The molecule has 0 bridgehead atoms. The van der Waals surface area contributed by atoms with Crippen molar-refractivity contribution >= 4 is 0 Å². The normalized spacial score (nSPS) is 20.5. The highest BCUT2D eigenvalue weighted by molar-refractivity contribution is 5.05. The molecule has 1 aromatic heterocycles. The van der Waals surface area contributed by atoms with Crippen LogP contribution in [0.4, 0.5) is 0 Å². The Morgan fingerprint density at radius 3 is 2.94 bits per heavy atom. The minimum Gasteiger partial charge on any atom is -0.466 e. The van der Waals surface area contributed by atoms with Gasteiger partial charge in [0.1, 0.15) is 11.5 Å². The molecule has 3 heteroatoms. The smallest absolute Gasteiger partial charge is 0.105 e. The Bertz CT molecular complexity index is 342. The molecule has 1 aromatic rings. The van der Waals surface area contributed by atoms with Crippen molar-refractivity contribution in [2.45, 2.75) is 32.6 Å². The molecule has 0 spiro atoms. The number of hydrogen-bond acceptors (Lipinski definition) is 3. The number of likely N-dealkylation sites (N-methyl/N-ethyl adjacent to an activating group) is 1. The average Bonchev–Trinajstić information content (AvgIpc) is 2.81. The summed E-state index contributed by atoms with van der Waals surface area (Å²) in [6.07, 6.45) is 5.09. The Kier molecular flexibility index (Phi) is 5.26. The van der Waals surface area contributed by atoms with Crippen LogP contribution in [0.2, 0.25) is 0 Å². The monoisotopic (exact) mass is 250 g/mol. The Labute approximate surface area is 111 Å². The van der Waals surface area contributed by atoms with Gasteiger partial charge < -0.3 is 14.6 Å². The molecular weight excluding hydrogens is 224 g/mol. The van der Waals surface area contributed by atoms with Gasteiger partial charge >= 0.3 is 0 Å². The summed E-state index contributed by atoms with van der Waals surface area (Å²) in [6.45, 7) is 6.72. The fourth-order valence-corrected chi connectivity index (χ4v) is 2.61. The summed E-state index contributed by atoms with van der Waals surface area (Å²) in [5, 5.41) is 3.49. The van der Waals surface area contributed by atoms with Gasteiger partial charge in [-0.05, 0) is 70.9 Å². The minimum atomic E-state index is 0.882. The molecule has 1 saturated heterocycles. The lowest BCUT2D eigenvalue weighted by molar-refractivity contribution is 0.271. The number of furan rings is 1. The maximum absolute atomic E-state index is 5.59. The zero-order valence-corrected chi connectivity index (χ0v) is 11.7. The Morgan fingerprint density at radius 1 is 1.39 bits per heavy atom. The number of aryl methyl sites for hydroxylation is 1. The molecule has 0 aromatic carbocycles. The molecule has 2 rings (SSSR count). The average molecular weight is 250 g/mol. The van der Waals surface area contributed by atoms with Crippen molar-refractivity contribution in [2.24, 2.45) is 5.92 Å². The van der Waals surface area contributed by atoms with Crippen molar-refractivity contribution < 1.29 is 4.42 Å². The molecule has 1 N–H and O–H groups in total. The Hall–Kier alpha value is -0.800. The van der Waals surface area contributed by atoms with Crippen LogP contribution >= 0.6 is 0 Å². The Balaban J connectivity index is 1.61. The molecule has 1 aliphatic rings. The number of rotatable bonds is 6. The summed E-state index contributed by atoms with van der Waals surface area (Å²) < 4.78 is 5.59. The molecule has 1 unspecified atom stereocenters. The number of nitrogens with zero attached hydrogens (tertiary/aromatic N) is 1. The summed E-state index contributed by atoms with van der Waals surface area (Å²) in [7, 11) is 2.21. The van der Waals surface area contributed by atoms with Crippen LogP contribution in [0.5, 0.6) is 0 Å². The van der Waals surface area contributed by atoms with Gasteiger partial charge in [-0.15, -0.1) is 0 Å². The van der Waals surface area contributed by atoms with Gasteiger partial charge in [0.05, 0.1) is 0 Å². The third-order valence-corrected chi connectivity index (χ3v) is 3.85. The third-order valence-electron chi connectivity index (χ3n) is 3.85. The summed E-state index contributed by atoms with van der Waals surface area (Å²) in [4.78, 5) is 2.42. The number of hydrogen-bond donors (Lipinski definition) is 1. The molecule has 1 fully saturated rings. The molecule has 1 atom stereocenters. The van der Waals surface area contributed by atoms with Crippen LogP contribution in [0.3, 0.4) is 0 Å². The second-order valence-corrected chi connectivity index (χ2v) is 5.57. The van der Waals surface area contributed by atoms with Crippen LogP contribution in [0.25, 0.3) is 0 Å². The highest BCUT2D eigenvalue weighted by Crippen LogP contribution is 2.14. The van der Waals surface area contributed by atoms with Gasteiger partial charge in [0.15, 0.2) is 0 Å². The number of nitrogens with one attached hydrogen (secondary N) is 1. The first-order valence-corrected chi connectivity index (χ1v) is 7.18. The maximum Gasteiger partial charge on any atom is 0.105 e. The van der Waals surface area contributed by atoms with Crippen molar-refractivity contribution in [1.29, 1.82) is 0 Å². The van der Waals surface area contributed by atoms with Gasteiger partial charge in [-0.3, -0.25) is 0 Å². The second kappa shape index (κ2) is 6.95. The van der Waals surface area contributed by atoms with Crippen LogP contribution in [-0.2, 0) is 6.42 Å². The van der Waals surface area contributed by atoms with Crippen LogP contribution in [-0.4, -0.2) is 38.1 Å². The minimum absolute atomic E-state index is 0.882. The number of piperidine rings is 1. The van der Waals surface area contributed by atoms with Crippen LogP contribution < -0.4 is 5.32 Å². The van der Waals surface area contributed by atoms with Crippen LogP contribution in [0.15, 0.2) is 16.5 Å². The van der Waals surface area contributed by atoms with Crippen molar-refractivity contribution in [3.05, 3.63) is 23.7 Å². The highest BCUT2D eigenvalue weighted by atomic mass is 16.3. The fraction of sp³-hybridized carbons (Fsp3) is 0.733. The quantitative estimate of drug-likeness (QED) is 0.840. The van der Waals surface area contributed by atoms with Crippen molar-refractivity contribution in [1.82, 2.24) is 10.2 Å². The van der Waals surface area contributed by atoms with E-state index in [2.05, 4.69) is 23.3 Å². The van der Waals surface area contributed by atoms with E-state index in [0.717, 1.165) is 30.4 Å². The summed E-state index contributed by atoms with van der Waals surface area (Å²) in [5.74, 6) is 3.01. The first-order valence-electron chi connectivity index (χ1n) is 7.18. The third kappa shape index (κ3) is 4.46. The van der Waals surface area contributed by atoms with Crippen molar-refractivity contribution in [2.75, 3.05) is 33.2 Å². The molecule has 2 heterocycles. The Morgan fingerprint density at radius 2 is 2.28 bits per heavy atom. The SMILES string of the molecule is Cc1ccc(CCN(C)CCC2CCCNC2)o1. The zero-order valence-electron chi connectivity index (χ0n) is 11.7. The van der Waals surface area contributed by atoms with Gasteiger partial charge in [0.25, 0.3) is 0 Å². The molecule has 0 aliphatic carbocycles. The van der Waals surface area contributed by atoms with Crippen molar-refractivity contribution in [3.63, 3.8) is 0 Å². The fourth-order valence-electron chi connectivity index (χ4n) is 2.61. The molecule has 0 amide bonds. The van der Waals surface area contributed by atoms with Gasteiger partial charge in [-0.1, -0.05) is 0 Å². The van der Waals surface area contributed by atoms with Crippen LogP contribution in [0, 0.1) is 12.8 Å². The lowest BCUT2D eigenvalue weighted by Crippen LogP contribution is -2.32. The lowest BCUT2D eigenvalue weighted by Gasteiger charge is -2.25. The van der Waals surface area contributed by atoms with E-state index in [0.29, 0.717) is 0 Å². The molecule has 1 aliphatic heterocycles.